The number of rotatable bonds is 3. The molecule has 0 aliphatic heterocycles. The maximum atomic E-state index is 5.63. The molecular formula is C13H22N2O. The van der Waals surface area contributed by atoms with E-state index in [9.17, 15) is 0 Å². The Kier molecular flexibility index (Phi) is 3.94. The highest BCUT2D eigenvalue weighted by molar-refractivity contribution is 5.37. The zero-order valence-electron chi connectivity index (χ0n) is 10.8. The third-order valence-electron chi connectivity index (χ3n) is 2.78. The molecule has 1 aromatic rings. The predicted octanol–water partition coefficient (Wildman–Crippen LogP) is 2.55. The van der Waals surface area contributed by atoms with Crippen LogP contribution in [-0.4, -0.2) is 7.11 Å². The van der Waals surface area contributed by atoms with E-state index in [1.165, 1.54) is 5.56 Å². The summed E-state index contributed by atoms with van der Waals surface area (Å²) in [6, 6.07) is 6.30. The van der Waals surface area contributed by atoms with Crippen molar-refractivity contribution in [1.82, 2.24) is 5.43 Å². The standard InChI is InChI=1S/C13H22N2O/c1-9-8-10(6-7-11(9)16-5)12(15-14)13(2,3)4/h6-8,12,15H,14H2,1-5H3. The highest BCUT2D eigenvalue weighted by Gasteiger charge is 2.25. The van der Waals surface area contributed by atoms with E-state index in [4.69, 9.17) is 10.6 Å². The smallest absolute Gasteiger partial charge is 0.121 e. The molecule has 0 saturated carbocycles. The molecule has 1 aromatic carbocycles. The number of methoxy groups -OCH3 is 1. The monoisotopic (exact) mass is 222 g/mol. The van der Waals surface area contributed by atoms with Gasteiger partial charge in [-0.05, 0) is 29.5 Å². The topological polar surface area (TPSA) is 47.3 Å². The summed E-state index contributed by atoms with van der Waals surface area (Å²) in [6.45, 7) is 8.53. The second-order valence-corrected chi connectivity index (χ2v) is 5.19. The van der Waals surface area contributed by atoms with Crippen molar-refractivity contribution in [3.05, 3.63) is 29.3 Å². The number of hydrogen-bond donors (Lipinski definition) is 2. The molecule has 0 aliphatic carbocycles. The lowest BCUT2D eigenvalue weighted by Crippen LogP contribution is -2.36. The summed E-state index contributed by atoms with van der Waals surface area (Å²) in [5, 5.41) is 0. The lowest BCUT2D eigenvalue weighted by Gasteiger charge is -2.30. The minimum absolute atomic E-state index is 0.0791. The Balaban J connectivity index is 3.08. The van der Waals surface area contributed by atoms with Gasteiger partial charge in [0.25, 0.3) is 0 Å². The maximum Gasteiger partial charge on any atom is 0.121 e. The fraction of sp³-hybridized carbons (Fsp3) is 0.538. The molecule has 0 spiro atoms. The minimum Gasteiger partial charge on any atom is -0.496 e. The van der Waals surface area contributed by atoms with Crippen molar-refractivity contribution in [3.8, 4) is 5.75 Å². The first-order valence-corrected chi connectivity index (χ1v) is 5.51. The van der Waals surface area contributed by atoms with Crippen molar-refractivity contribution >= 4 is 0 Å². The van der Waals surface area contributed by atoms with E-state index in [2.05, 4.69) is 38.3 Å². The second-order valence-electron chi connectivity index (χ2n) is 5.19. The van der Waals surface area contributed by atoms with Gasteiger partial charge in [-0.3, -0.25) is 11.3 Å². The van der Waals surface area contributed by atoms with Gasteiger partial charge in [0.1, 0.15) is 5.75 Å². The molecule has 0 amide bonds. The number of ether oxygens (including phenoxy) is 1. The first-order valence-electron chi connectivity index (χ1n) is 5.51. The Hall–Kier alpha value is -1.06. The van der Waals surface area contributed by atoms with Crippen LogP contribution in [0, 0.1) is 12.3 Å². The number of nitrogens with one attached hydrogen (secondary N) is 1. The molecule has 0 aliphatic rings. The molecular weight excluding hydrogens is 200 g/mol. The SMILES string of the molecule is COc1ccc(C(NN)C(C)(C)C)cc1C. The molecule has 0 bridgehead atoms. The van der Waals surface area contributed by atoms with Crippen LogP contribution in [0.5, 0.6) is 5.75 Å². The number of nitrogens with two attached hydrogens (primary N) is 1. The first-order chi connectivity index (χ1) is 7.40. The van der Waals surface area contributed by atoms with Crippen LogP contribution in [0.15, 0.2) is 18.2 Å². The van der Waals surface area contributed by atoms with E-state index in [-0.39, 0.29) is 11.5 Å². The number of aryl methyl sites for hydroxylation is 1. The van der Waals surface area contributed by atoms with Crippen molar-refractivity contribution in [2.45, 2.75) is 33.7 Å². The van der Waals surface area contributed by atoms with Crippen LogP contribution in [0.1, 0.15) is 37.9 Å². The maximum absolute atomic E-state index is 5.63. The normalized spacial score (nSPS) is 13.6. The molecule has 0 aromatic heterocycles. The molecule has 3 N–H and O–H groups in total. The van der Waals surface area contributed by atoms with Gasteiger partial charge >= 0.3 is 0 Å². The molecule has 90 valence electrons. The van der Waals surface area contributed by atoms with E-state index < -0.39 is 0 Å². The lowest BCUT2D eigenvalue weighted by molar-refractivity contribution is 0.275. The molecule has 1 rings (SSSR count). The van der Waals surface area contributed by atoms with Gasteiger partial charge in [-0.2, -0.15) is 0 Å². The summed E-state index contributed by atoms with van der Waals surface area (Å²) in [6.07, 6.45) is 0. The molecule has 0 saturated heterocycles. The van der Waals surface area contributed by atoms with Gasteiger partial charge in [0.05, 0.1) is 13.2 Å². The number of hydrogen-bond acceptors (Lipinski definition) is 3. The van der Waals surface area contributed by atoms with Gasteiger partial charge in [-0.1, -0.05) is 32.9 Å². The van der Waals surface area contributed by atoms with Gasteiger partial charge in [-0.15, -0.1) is 0 Å². The molecule has 3 heteroatoms. The summed E-state index contributed by atoms with van der Waals surface area (Å²) in [5.41, 5.74) is 5.28. The van der Waals surface area contributed by atoms with E-state index >= 15 is 0 Å². The number of hydrazine groups is 1. The number of benzene rings is 1. The molecule has 16 heavy (non-hydrogen) atoms. The van der Waals surface area contributed by atoms with Crippen LogP contribution >= 0.6 is 0 Å². The Morgan fingerprint density at radius 2 is 1.94 bits per heavy atom. The van der Waals surface area contributed by atoms with Crippen molar-refractivity contribution in [3.63, 3.8) is 0 Å². The molecule has 0 radical (unpaired) electrons. The molecule has 3 nitrogen and oxygen atoms in total. The predicted molar refractivity (Wildman–Crippen MR) is 67.3 cm³/mol. The van der Waals surface area contributed by atoms with Crippen LogP contribution < -0.4 is 16.0 Å². The fourth-order valence-electron chi connectivity index (χ4n) is 1.93. The Morgan fingerprint density at radius 1 is 1.31 bits per heavy atom. The van der Waals surface area contributed by atoms with E-state index in [1.807, 2.05) is 13.0 Å². The fourth-order valence-corrected chi connectivity index (χ4v) is 1.93. The third-order valence-corrected chi connectivity index (χ3v) is 2.78. The van der Waals surface area contributed by atoms with Crippen LogP contribution in [0.4, 0.5) is 0 Å². The molecule has 0 heterocycles. The Labute approximate surface area is 98.0 Å². The van der Waals surface area contributed by atoms with Crippen molar-refractivity contribution in [2.75, 3.05) is 7.11 Å². The Morgan fingerprint density at radius 3 is 2.31 bits per heavy atom. The van der Waals surface area contributed by atoms with Crippen LogP contribution in [0.3, 0.4) is 0 Å². The quantitative estimate of drug-likeness (QED) is 0.610. The van der Waals surface area contributed by atoms with Crippen molar-refractivity contribution in [2.24, 2.45) is 11.3 Å². The highest BCUT2D eigenvalue weighted by atomic mass is 16.5. The van der Waals surface area contributed by atoms with Gasteiger partial charge in [0.15, 0.2) is 0 Å². The summed E-state index contributed by atoms with van der Waals surface area (Å²) in [4.78, 5) is 0. The van der Waals surface area contributed by atoms with E-state index in [0.717, 1.165) is 11.3 Å². The summed E-state index contributed by atoms with van der Waals surface area (Å²) >= 11 is 0. The highest BCUT2D eigenvalue weighted by Crippen LogP contribution is 2.33. The van der Waals surface area contributed by atoms with Gasteiger partial charge in [-0.25, -0.2) is 0 Å². The van der Waals surface area contributed by atoms with Gasteiger partial charge < -0.3 is 4.74 Å². The molecule has 1 atom stereocenters. The van der Waals surface area contributed by atoms with Crippen LogP contribution in [0.2, 0.25) is 0 Å². The summed E-state index contributed by atoms with van der Waals surface area (Å²) in [7, 11) is 1.68. The molecule has 0 fully saturated rings. The average Bonchev–Trinajstić information content (AvgIpc) is 2.17. The summed E-state index contributed by atoms with van der Waals surface area (Å²) < 4.78 is 5.25. The van der Waals surface area contributed by atoms with Crippen LogP contribution in [0.25, 0.3) is 0 Å². The van der Waals surface area contributed by atoms with Crippen molar-refractivity contribution in [1.29, 1.82) is 0 Å². The van der Waals surface area contributed by atoms with Crippen molar-refractivity contribution < 1.29 is 4.74 Å². The zero-order valence-corrected chi connectivity index (χ0v) is 10.8. The average molecular weight is 222 g/mol. The lowest BCUT2D eigenvalue weighted by atomic mass is 9.82. The van der Waals surface area contributed by atoms with Gasteiger partial charge in [0.2, 0.25) is 0 Å². The third kappa shape index (κ3) is 2.74. The van der Waals surface area contributed by atoms with Crippen LogP contribution in [-0.2, 0) is 0 Å². The Bertz CT molecular complexity index is 355. The minimum atomic E-state index is 0.0791. The second kappa shape index (κ2) is 4.85. The zero-order chi connectivity index (χ0) is 12.3. The largest absolute Gasteiger partial charge is 0.496 e. The van der Waals surface area contributed by atoms with Gasteiger partial charge in [0, 0.05) is 0 Å². The molecule has 1 unspecified atom stereocenters. The van der Waals surface area contributed by atoms with E-state index in [1.54, 1.807) is 7.11 Å². The first kappa shape index (κ1) is 13.0. The summed E-state index contributed by atoms with van der Waals surface area (Å²) in [5.74, 6) is 6.54. The van der Waals surface area contributed by atoms with E-state index in [0.29, 0.717) is 0 Å².